The molecule has 1 aromatic rings. The van der Waals surface area contributed by atoms with E-state index in [9.17, 15) is 4.79 Å². The predicted octanol–water partition coefficient (Wildman–Crippen LogP) is 3.31. The molecule has 0 bridgehead atoms. The van der Waals surface area contributed by atoms with Gasteiger partial charge >= 0.3 is 5.97 Å². The van der Waals surface area contributed by atoms with Crippen LogP contribution in [0.4, 0.5) is 0 Å². The van der Waals surface area contributed by atoms with E-state index in [1.165, 1.54) is 12.8 Å². The molecule has 0 fully saturated rings. The molecule has 3 nitrogen and oxygen atoms in total. The van der Waals surface area contributed by atoms with Crippen LogP contribution >= 0.6 is 0 Å². The van der Waals surface area contributed by atoms with Crippen LogP contribution in [0.5, 0.6) is 0 Å². The summed E-state index contributed by atoms with van der Waals surface area (Å²) in [5.41, 5.74) is 0.611. The van der Waals surface area contributed by atoms with E-state index in [4.69, 9.17) is 4.74 Å². The molecule has 0 aliphatic rings. The van der Waals surface area contributed by atoms with Crippen LogP contribution < -0.4 is 0 Å². The molecule has 1 atom stereocenters. The Bertz CT molecular complexity index is 349. The third-order valence-electron chi connectivity index (χ3n) is 2.88. The average molecular weight is 249 g/mol. The van der Waals surface area contributed by atoms with Crippen molar-refractivity contribution in [3.05, 3.63) is 35.9 Å². The van der Waals surface area contributed by atoms with Crippen molar-refractivity contribution < 1.29 is 9.53 Å². The first-order valence-electron chi connectivity index (χ1n) is 6.57. The molecule has 3 heteroatoms. The topological polar surface area (TPSA) is 29.5 Å². The van der Waals surface area contributed by atoms with Gasteiger partial charge in [-0.05, 0) is 39.1 Å². The van der Waals surface area contributed by atoms with Crippen LogP contribution in [0.2, 0.25) is 0 Å². The van der Waals surface area contributed by atoms with Crippen molar-refractivity contribution in [2.24, 2.45) is 0 Å². The smallest absolute Gasteiger partial charge is 0.339 e. The van der Waals surface area contributed by atoms with E-state index in [-0.39, 0.29) is 12.2 Å². The highest BCUT2D eigenvalue weighted by Crippen LogP contribution is 2.12. The number of benzene rings is 1. The molecule has 100 valence electrons. The van der Waals surface area contributed by atoms with E-state index >= 15 is 0 Å². The maximum atomic E-state index is 11.9. The summed E-state index contributed by atoms with van der Waals surface area (Å²) < 4.78 is 5.53. The zero-order valence-corrected chi connectivity index (χ0v) is 11.6. The molecule has 0 aliphatic carbocycles. The first kappa shape index (κ1) is 14.7. The van der Waals surface area contributed by atoms with Crippen molar-refractivity contribution >= 4 is 5.97 Å². The quantitative estimate of drug-likeness (QED) is 0.422. The lowest BCUT2D eigenvalue weighted by Gasteiger charge is -2.24. The maximum Gasteiger partial charge on any atom is 0.339 e. The number of unbranched alkanes of at least 4 members (excludes halogenated alkanes) is 2. The Morgan fingerprint density at radius 1 is 1.22 bits per heavy atom. The van der Waals surface area contributed by atoms with E-state index in [1.54, 1.807) is 12.1 Å². The molecule has 1 rings (SSSR count). The Kier molecular flexibility index (Phi) is 6.44. The van der Waals surface area contributed by atoms with E-state index in [1.807, 2.05) is 37.2 Å². The lowest BCUT2D eigenvalue weighted by Crippen LogP contribution is -2.32. The SMILES string of the molecule is CCCCCC(OC(=O)c1ccccc1)N(C)C. The van der Waals surface area contributed by atoms with E-state index in [0.29, 0.717) is 5.56 Å². The molecule has 0 N–H and O–H groups in total. The van der Waals surface area contributed by atoms with Crippen molar-refractivity contribution in [3.8, 4) is 0 Å². The summed E-state index contributed by atoms with van der Waals surface area (Å²) >= 11 is 0. The van der Waals surface area contributed by atoms with Crippen LogP contribution in [0, 0.1) is 0 Å². The molecule has 1 unspecified atom stereocenters. The van der Waals surface area contributed by atoms with Crippen molar-refractivity contribution in [2.45, 2.75) is 38.8 Å². The summed E-state index contributed by atoms with van der Waals surface area (Å²) in [6, 6.07) is 9.14. The predicted molar refractivity (Wildman–Crippen MR) is 73.5 cm³/mol. The summed E-state index contributed by atoms with van der Waals surface area (Å²) in [6.45, 7) is 2.17. The normalized spacial score (nSPS) is 12.4. The van der Waals surface area contributed by atoms with Gasteiger partial charge < -0.3 is 4.74 Å². The minimum Gasteiger partial charge on any atom is -0.443 e. The second-order valence-electron chi connectivity index (χ2n) is 4.69. The lowest BCUT2D eigenvalue weighted by atomic mass is 10.2. The number of rotatable bonds is 7. The van der Waals surface area contributed by atoms with Crippen molar-refractivity contribution in [1.29, 1.82) is 0 Å². The summed E-state index contributed by atoms with van der Waals surface area (Å²) in [4.78, 5) is 13.9. The summed E-state index contributed by atoms with van der Waals surface area (Å²) in [6.07, 6.45) is 4.19. The molecule has 0 saturated heterocycles. The second-order valence-corrected chi connectivity index (χ2v) is 4.69. The molecule has 0 aromatic heterocycles. The van der Waals surface area contributed by atoms with E-state index < -0.39 is 0 Å². The number of esters is 1. The van der Waals surface area contributed by atoms with Gasteiger partial charge in [-0.15, -0.1) is 0 Å². The third kappa shape index (κ3) is 4.88. The highest BCUT2D eigenvalue weighted by Gasteiger charge is 2.17. The zero-order chi connectivity index (χ0) is 13.4. The minimum absolute atomic E-state index is 0.135. The van der Waals surface area contributed by atoms with Crippen molar-refractivity contribution in [1.82, 2.24) is 4.90 Å². The molecular formula is C15H23NO2. The highest BCUT2D eigenvalue weighted by atomic mass is 16.6. The monoisotopic (exact) mass is 249 g/mol. The van der Waals surface area contributed by atoms with Gasteiger partial charge in [0.15, 0.2) is 6.23 Å². The number of nitrogens with zero attached hydrogens (tertiary/aromatic N) is 1. The first-order valence-corrected chi connectivity index (χ1v) is 6.57. The Labute approximate surface area is 110 Å². The highest BCUT2D eigenvalue weighted by molar-refractivity contribution is 5.89. The minimum atomic E-state index is -0.245. The van der Waals surface area contributed by atoms with E-state index in [2.05, 4.69) is 6.92 Å². The van der Waals surface area contributed by atoms with Crippen LogP contribution in [-0.4, -0.2) is 31.2 Å². The fourth-order valence-electron chi connectivity index (χ4n) is 1.76. The second kappa shape index (κ2) is 7.88. The molecule has 0 amide bonds. The molecule has 0 aliphatic heterocycles. The van der Waals surface area contributed by atoms with Gasteiger partial charge in [0.25, 0.3) is 0 Å². The standard InChI is InChI=1S/C15H23NO2/c1-4-5-7-12-14(16(2)3)18-15(17)13-10-8-6-9-11-13/h6,8-11,14H,4-5,7,12H2,1-3H3. The number of hydrogen-bond donors (Lipinski definition) is 0. The van der Waals surface area contributed by atoms with Crippen LogP contribution in [0.1, 0.15) is 43.0 Å². The Morgan fingerprint density at radius 2 is 1.89 bits per heavy atom. The number of carbonyl (C=O) groups excluding carboxylic acids is 1. The maximum absolute atomic E-state index is 11.9. The number of ether oxygens (including phenoxy) is 1. The van der Waals surface area contributed by atoms with Gasteiger partial charge in [-0.25, -0.2) is 4.79 Å². The van der Waals surface area contributed by atoms with Crippen molar-refractivity contribution in [3.63, 3.8) is 0 Å². The fourth-order valence-corrected chi connectivity index (χ4v) is 1.76. The lowest BCUT2D eigenvalue weighted by molar-refractivity contribution is -0.0187. The van der Waals surface area contributed by atoms with Gasteiger partial charge in [0.1, 0.15) is 0 Å². The molecule has 0 spiro atoms. The summed E-state index contributed by atoms with van der Waals surface area (Å²) in [5, 5.41) is 0. The van der Waals surface area contributed by atoms with Gasteiger partial charge in [-0.1, -0.05) is 38.0 Å². The van der Waals surface area contributed by atoms with Crippen LogP contribution in [-0.2, 0) is 4.74 Å². The van der Waals surface area contributed by atoms with Gasteiger partial charge in [-0.2, -0.15) is 0 Å². The van der Waals surface area contributed by atoms with Crippen molar-refractivity contribution in [2.75, 3.05) is 14.1 Å². The van der Waals surface area contributed by atoms with E-state index in [0.717, 1.165) is 12.8 Å². The van der Waals surface area contributed by atoms with Gasteiger partial charge in [0.05, 0.1) is 5.56 Å². The molecule has 1 aromatic carbocycles. The third-order valence-corrected chi connectivity index (χ3v) is 2.88. The first-order chi connectivity index (χ1) is 8.65. The molecular weight excluding hydrogens is 226 g/mol. The van der Waals surface area contributed by atoms with Gasteiger partial charge in [-0.3, -0.25) is 4.90 Å². The van der Waals surface area contributed by atoms with Crippen LogP contribution in [0.15, 0.2) is 30.3 Å². The zero-order valence-electron chi connectivity index (χ0n) is 11.6. The van der Waals surface area contributed by atoms with Crippen LogP contribution in [0.25, 0.3) is 0 Å². The Morgan fingerprint density at radius 3 is 2.44 bits per heavy atom. The summed E-state index contributed by atoms with van der Waals surface area (Å²) in [5.74, 6) is -0.245. The summed E-state index contributed by atoms with van der Waals surface area (Å²) in [7, 11) is 3.88. The van der Waals surface area contributed by atoms with Crippen LogP contribution in [0.3, 0.4) is 0 Å². The fraction of sp³-hybridized carbons (Fsp3) is 0.533. The van der Waals surface area contributed by atoms with Gasteiger partial charge in [0.2, 0.25) is 0 Å². The average Bonchev–Trinajstić information content (AvgIpc) is 2.38. The largest absolute Gasteiger partial charge is 0.443 e. The number of carbonyl (C=O) groups is 1. The molecule has 18 heavy (non-hydrogen) atoms. The molecule has 0 radical (unpaired) electrons. The Balaban J connectivity index is 2.53. The molecule has 0 saturated carbocycles. The number of hydrogen-bond acceptors (Lipinski definition) is 3. The molecule has 0 heterocycles. The Hall–Kier alpha value is -1.35. The van der Waals surface area contributed by atoms with Gasteiger partial charge in [0, 0.05) is 0 Å².